The highest BCUT2D eigenvalue weighted by molar-refractivity contribution is 6.18. The van der Waals surface area contributed by atoms with Crippen molar-refractivity contribution in [2.75, 3.05) is 0 Å². The predicted molar refractivity (Wildman–Crippen MR) is 262 cm³/mol. The fourth-order valence-electron chi connectivity index (χ4n) is 12.6. The summed E-state index contributed by atoms with van der Waals surface area (Å²) in [5, 5.41) is 7.73. The fraction of sp³-hybridized carbons (Fsp3) is 0.115. The van der Waals surface area contributed by atoms with Crippen molar-refractivity contribution in [3.05, 3.63) is 239 Å². The van der Waals surface area contributed by atoms with Crippen LogP contribution in [0, 0.1) is 11.8 Å². The Labute approximate surface area is 367 Å². The van der Waals surface area contributed by atoms with E-state index in [1.807, 2.05) is 0 Å². The highest BCUT2D eigenvalue weighted by atomic mass is 15.0. The third-order valence-corrected chi connectivity index (χ3v) is 15.3. The SMILES string of the molecule is CCC1C(c2ccc3ccccc3c2)=NC(c2ccc3c(c2)C2(c4ccccc4-3)c3cc4c5c(cccc5c3C3C=CC=CC32)-c2ccccc2-4)=NC1c1ccc2ccccc2c1. The van der Waals surface area contributed by atoms with Gasteiger partial charge in [-0.05, 0) is 130 Å². The average molecular weight is 803 g/mol. The Morgan fingerprint density at radius 2 is 1.16 bits per heavy atom. The van der Waals surface area contributed by atoms with Crippen molar-refractivity contribution in [2.45, 2.75) is 30.7 Å². The number of allylic oxidation sites excluding steroid dienone is 4. The van der Waals surface area contributed by atoms with Crippen molar-refractivity contribution in [1.29, 1.82) is 0 Å². The van der Waals surface area contributed by atoms with Gasteiger partial charge >= 0.3 is 0 Å². The Balaban J connectivity index is 1.02. The van der Waals surface area contributed by atoms with Crippen LogP contribution in [0.3, 0.4) is 0 Å². The lowest BCUT2D eigenvalue weighted by molar-refractivity contribution is 0.466. The smallest absolute Gasteiger partial charge is 0.155 e. The van der Waals surface area contributed by atoms with Gasteiger partial charge in [0.05, 0.1) is 17.2 Å². The van der Waals surface area contributed by atoms with E-state index >= 15 is 0 Å². The zero-order valence-corrected chi connectivity index (χ0v) is 35.0. The number of amidine groups is 1. The fourth-order valence-corrected chi connectivity index (χ4v) is 12.6. The molecule has 9 aromatic rings. The van der Waals surface area contributed by atoms with Crippen molar-refractivity contribution < 1.29 is 0 Å². The van der Waals surface area contributed by atoms with E-state index in [2.05, 4.69) is 207 Å². The van der Waals surface area contributed by atoms with E-state index in [1.54, 1.807) is 0 Å². The molecule has 0 radical (unpaired) electrons. The highest BCUT2D eigenvalue weighted by Gasteiger charge is 2.58. The predicted octanol–water partition coefficient (Wildman–Crippen LogP) is 15.0. The number of fused-ring (bicyclic) bond motifs is 16. The van der Waals surface area contributed by atoms with E-state index < -0.39 is 5.41 Å². The Kier molecular flexibility index (Phi) is 7.29. The van der Waals surface area contributed by atoms with E-state index in [9.17, 15) is 0 Å². The molecule has 0 aromatic heterocycles. The van der Waals surface area contributed by atoms with E-state index in [4.69, 9.17) is 9.98 Å². The molecule has 63 heavy (non-hydrogen) atoms. The summed E-state index contributed by atoms with van der Waals surface area (Å²) in [6.07, 6.45) is 10.5. The topological polar surface area (TPSA) is 24.7 Å². The molecule has 2 nitrogen and oxygen atoms in total. The molecule has 0 saturated carbocycles. The van der Waals surface area contributed by atoms with Crippen molar-refractivity contribution in [3.8, 4) is 33.4 Å². The second-order valence-corrected chi connectivity index (χ2v) is 18.2. The largest absolute Gasteiger partial charge is 0.257 e. The maximum atomic E-state index is 5.74. The molecule has 5 aliphatic rings. The van der Waals surface area contributed by atoms with E-state index in [-0.39, 0.29) is 23.8 Å². The monoisotopic (exact) mass is 802 g/mol. The highest BCUT2D eigenvalue weighted by Crippen LogP contribution is 2.67. The summed E-state index contributed by atoms with van der Waals surface area (Å²) in [6.45, 7) is 2.29. The number of hydrogen-bond donors (Lipinski definition) is 0. The first kappa shape index (κ1) is 35.2. The molecule has 14 rings (SSSR count). The lowest BCUT2D eigenvalue weighted by Crippen LogP contribution is -2.33. The Morgan fingerprint density at radius 3 is 1.98 bits per heavy atom. The minimum atomic E-state index is -0.411. The average Bonchev–Trinajstić information content (AvgIpc) is 3.95. The van der Waals surface area contributed by atoms with Crippen LogP contribution in [-0.4, -0.2) is 11.5 Å². The molecule has 0 fully saturated rings. The number of benzene rings is 9. The van der Waals surface area contributed by atoms with Gasteiger partial charge in [-0.1, -0.05) is 183 Å². The summed E-state index contributed by atoms with van der Waals surface area (Å²) in [5.41, 5.74) is 17.8. The quantitative estimate of drug-likeness (QED) is 0.169. The van der Waals surface area contributed by atoms with Crippen molar-refractivity contribution >= 4 is 43.9 Å². The first-order valence-electron chi connectivity index (χ1n) is 22.6. The van der Waals surface area contributed by atoms with Crippen LogP contribution in [0.5, 0.6) is 0 Å². The molecule has 9 aromatic carbocycles. The van der Waals surface area contributed by atoms with Crippen LogP contribution in [0.4, 0.5) is 0 Å². The molecule has 0 bridgehead atoms. The normalized spacial score (nSPS) is 21.9. The van der Waals surface area contributed by atoms with E-state index in [0.717, 1.165) is 23.5 Å². The zero-order chi connectivity index (χ0) is 41.4. The first-order valence-corrected chi connectivity index (χ1v) is 22.6. The maximum Gasteiger partial charge on any atom is 0.155 e. The lowest BCUT2D eigenvalue weighted by Gasteiger charge is -2.36. The van der Waals surface area contributed by atoms with E-state index in [0.29, 0.717) is 0 Å². The standard InChI is InChI=1S/C61H42N2/c1-2-43-58(40-28-26-36-14-3-5-16-38(36)32-40)62-60(63-59(43)41-29-27-37-15-4-6-17-39(37)33-41)42-30-31-47-46-20-9-11-24-52(46)61(54(47)34-42)53-25-12-10-21-49(53)57-50-23-13-22-48-44-18-7-8-19-45(44)51(56(48)50)35-55(57)61/h3-35,43,49,53,58H,2H2,1H3. The molecule has 0 N–H and O–H groups in total. The van der Waals surface area contributed by atoms with Gasteiger partial charge in [0.2, 0.25) is 0 Å². The summed E-state index contributed by atoms with van der Waals surface area (Å²) < 4.78 is 0. The Morgan fingerprint density at radius 1 is 0.492 bits per heavy atom. The van der Waals surface area contributed by atoms with Gasteiger partial charge in [0.25, 0.3) is 0 Å². The zero-order valence-electron chi connectivity index (χ0n) is 35.0. The van der Waals surface area contributed by atoms with Crippen LogP contribution >= 0.6 is 0 Å². The van der Waals surface area contributed by atoms with Crippen molar-refractivity contribution in [2.24, 2.45) is 21.8 Å². The van der Waals surface area contributed by atoms with E-state index in [1.165, 1.54) is 99.1 Å². The summed E-state index contributed by atoms with van der Waals surface area (Å²) in [4.78, 5) is 11.4. The number of aliphatic imine (C=N–C) groups is 2. The summed E-state index contributed by atoms with van der Waals surface area (Å²) in [5.74, 6) is 1.34. The Bertz CT molecular complexity index is 3600. The number of nitrogens with zero attached hydrogens (tertiary/aromatic N) is 2. The van der Waals surface area contributed by atoms with Crippen molar-refractivity contribution in [1.82, 2.24) is 0 Å². The molecule has 296 valence electrons. The van der Waals surface area contributed by atoms with Crippen LogP contribution in [0.2, 0.25) is 0 Å². The van der Waals surface area contributed by atoms with Gasteiger partial charge < -0.3 is 0 Å². The minimum absolute atomic E-state index is 0.0965. The molecular formula is C61H42N2. The molecule has 0 amide bonds. The summed E-state index contributed by atoms with van der Waals surface area (Å²) >= 11 is 0. The Hall–Kier alpha value is -7.42. The second kappa shape index (κ2) is 13.0. The van der Waals surface area contributed by atoms with Crippen molar-refractivity contribution in [3.63, 3.8) is 0 Å². The van der Waals surface area contributed by atoms with Crippen LogP contribution in [-0.2, 0) is 5.41 Å². The molecule has 4 aliphatic carbocycles. The molecule has 0 saturated heterocycles. The summed E-state index contributed by atoms with van der Waals surface area (Å²) in [6, 6.07) is 66.0. The molecular weight excluding hydrogens is 761 g/mol. The van der Waals surface area contributed by atoms with Crippen LogP contribution in [0.25, 0.3) is 65.7 Å². The van der Waals surface area contributed by atoms with Gasteiger partial charge in [-0.25, -0.2) is 4.99 Å². The molecule has 5 atom stereocenters. The van der Waals surface area contributed by atoms with Gasteiger partial charge in [-0.3, -0.25) is 4.99 Å². The molecule has 5 unspecified atom stereocenters. The molecule has 1 spiro atoms. The lowest BCUT2D eigenvalue weighted by atomic mass is 9.65. The maximum absolute atomic E-state index is 5.74. The van der Waals surface area contributed by atoms with Crippen LogP contribution in [0.15, 0.2) is 210 Å². The summed E-state index contributed by atoms with van der Waals surface area (Å²) in [7, 11) is 0. The molecule has 2 heteroatoms. The molecule has 1 heterocycles. The minimum Gasteiger partial charge on any atom is -0.257 e. The van der Waals surface area contributed by atoms with Crippen LogP contribution < -0.4 is 0 Å². The third kappa shape index (κ3) is 4.73. The number of rotatable bonds is 4. The van der Waals surface area contributed by atoms with Crippen LogP contribution in [0.1, 0.15) is 64.2 Å². The molecule has 1 aliphatic heterocycles. The first-order chi connectivity index (χ1) is 31.2. The van der Waals surface area contributed by atoms with Gasteiger partial charge in [0, 0.05) is 23.3 Å². The van der Waals surface area contributed by atoms with Gasteiger partial charge in [0.15, 0.2) is 5.84 Å². The van der Waals surface area contributed by atoms with Gasteiger partial charge in [-0.15, -0.1) is 0 Å². The third-order valence-electron chi connectivity index (χ3n) is 15.3. The second-order valence-electron chi connectivity index (χ2n) is 18.2. The van der Waals surface area contributed by atoms with Gasteiger partial charge in [-0.2, -0.15) is 0 Å². The number of hydrogen-bond acceptors (Lipinski definition) is 2. The van der Waals surface area contributed by atoms with Gasteiger partial charge in [0.1, 0.15) is 0 Å².